The Morgan fingerprint density at radius 1 is 2.33 bits per heavy atom. The SMILES string of the molecule is [2H]C([2H])([2H])C([2H])([2H])[C@@H](N)CO. The molecule has 0 saturated carbocycles. The Bertz CT molecular complexity index is 133. The van der Waals surface area contributed by atoms with Crippen LogP contribution in [-0.2, 0) is 0 Å². The lowest BCUT2D eigenvalue weighted by Gasteiger charge is -1.98. The summed E-state index contributed by atoms with van der Waals surface area (Å²) in [5.41, 5.74) is 5.05. The summed E-state index contributed by atoms with van der Waals surface area (Å²) in [7, 11) is 0. The van der Waals surface area contributed by atoms with Crippen molar-refractivity contribution < 1.29 is 12.0 Å². The first-order chi connectivity index (χ1) is 4.73. The predicted molar refractivity (Wildman–Crippen MR) is 25.4 cm³/mol. The van der Waals surface area contributed by atoms with Crippen LogP contribution in [0.15, 0.2) is 0 Å². The van der Waals surface area contributed by atoms with Crippen molar-refractivity contribution in [1.82, 2.24) is 0 Å². The third kappa shape index (κ3) is 2.18. The Balaban J connectivity index is 4.45. The van der Waals surface area contributed by atoms with Gasteiger partial charge in [0.15, 0.2) is 0 Å². The van der Waals surface area contributed by atoms with Crippen molar-refractivity contribution in [2.75, 3.05) is 6.61 Å². The normalized spacial score (nSPS) is 31.3. The van der Waals surface area contributed by atoms with Gasteiger partial charge in [-0.15, -0.1) is 0 Å². The van der Waals surface area contributed by atoms with E-state index >= 15 is 0 Å². The third-order valence-corrected chi connectivity index (χ3v) is 0.382. The minimum absolute atomic E-state index is 0.675. The van der Waals surface area contributed by atoms with Crippen LogP contribution in [0.5, 0.6) is 0 Å². The molecule has 0 heterocycles. The van der Waals surface area contributed by atoms with Gasteiger partial charge in [0, 0.05) is 12.9 Å². The van der Waals surface area contributed by atoms with Crippen LogP contribution in [0, 0.1) is 0 Å². The van der Waals surface area contributed by atoms with E-state index in [9.17, 15) is 0 Å². The van der Waals surface area contributed by atoms with Crippen LogP contribution in [0.4, 0.5) is 0 Å². The van der Waals surface area contributed by atoms with Crippen molar-refractivity contribution in [2.45, 2.75) is 19.3 Å². The summed E-state index contributed by atoms with van der Waals surface area (Å²) in [5.74, 6) is 0. The smallest absolute Gasteiger partial charge is 0.0582 e. The highest BCUT2D eigenvalue weighted by atomic mass is 16.3. The minimum Gasteiger partial charge on any atom is -0.395 e. The highest BCUT2D eigenvalue weighted by molar-refractivity contribution is 4.51. The highest BCUT2D eigenvalue weighted by Crippen LogP contribution is 1.79. The summed E-state index contributed by atoms with van der Waals surface area (Å²) < 4.78 is 34.2. The molecule has 1 atom stereocenters. The average molecular weight is 94.2 g/mol. The summed E-state index contributed by atoms with van der Waals surface area (Å²) in [6, 6.07) is -1.37. The molecule has 0 radical (unpaired) electrons. The predicted octanol–water partition coefficient (Wildman–Crippen LogP) is -0.284. The lowest BCUT2D eigenvalue weighted by molar-refractivity contribution is 0.263. The van der Waals surface area contributed by atoms with Gasteiger partial charge in [0.2, 0.25) is 0 Å². The molecule has 0 aromatic carbocycles. The molecule has 0 aliphatic heterocycles. The molecular formula is C4H11NO. The topological polar surface area (TPSA) is 46.2 Å². The van der Waals surface area contributed by atoms with Gasteiger partial charge in [-0.1, -0.05) is 6.85 Å². The molecule has 0 aromatic heterocycles. The second kappa shape index (κ2) is 3.12. The Labute approximate surface area is 45.0 Å². The van der Waals surface area contributed by atoms with E-state index in [1.807, 2.05) is 0 Å². The van der Waals surface area contributed by atoms with Crippen molar-refractivity contribution in [3.05, 3.63) is 0 Å². The molecule has 0 aliphatic carbocycles. The molecule has 6 heavy (non-hydrogen) atoms. The molecule has 0 amide bonds. The second-order valence-electron chi connectivity index (χ2n) is 0.933. The van der Waals surface area contributed by atoms with E-state index in [1.165, 1.54) is 0 Å². The molecule has 0 rings (SSSR count). The summed E-state index contributed by atoms with van der Waals surface area (Å²) >= 11 is 0. The molecule has 3 N–H and O–H groups in total. The zero-order chi connectivity index (χ0) is 9.28. The monoisotopic (exact) mass is 94.1 g/mol. The van der Waals surface area contributed by atoms with E-state index in [1.54, 1.807) is 0 Å². The maximum Gasteiger partial charge on any atom is 0.0582 e. The van der Waals surface area contributed by atoms with Crippen LogP contribution in [0.3, 0.4) is 0 Å². The van der Waals surface area contributed by atoms with E-state index < -0.39 is 25.9 Å². The largest absolute Gasteiger partial charge is 0.395 e. The van der Waals surface area contributed by atoms with Gasteiger partial charge in [0.25, 0.3) is 0 Å². The molecule has 0 aromatic rings. The van der Waals surface area contributed by atoms with E-state index in [-0.39, 0.29) is 0 Å². The minimum atomic E-state index is -2.78. The van der Waals surface area contributed by atoms with Gasteiger partial charge in [0.1, 0.15) is 0 Å². The number of hydrogen-bond acceptors (Lipinski definition) is 2. The van der Waals surface area contributed by atoms with Crippen LogP contribution in [0.25, 0.3) is 0 Å². The van der Waals surface area contributed by atoms with E-state index in [4.69, 9.17) is 17.7 Å². The molecule has 38 valence electrons. The Kier molecular flexibility index (Phi) is 0.758. The highest BCUT2D eigenvalue weighted by Gasteiger charge is 1.90. The molecule has 0 aliphatic rings. The van der Waals surface area contributed by atoms with Gasteiger partial charge < -0.3 is 10.8 Å². The number of aliphatic hydroxyl groups is 1. The Morgan fingerprint density at radius 2 is 3.00 bits per heavy atom. The molecule has 0 saturated heterocycles. The van der Waals surface area contributed by atoms with Crippen molar-refractivity contribution in [3.8, 4) is 0 Å². The fourth-order valence-electron chi connectivity index (χ4n) is 0.0456. The summed E-state index contributed by atoms with van der Waals surface area (Å²) in [6.45, 7) is -3.46. The number of rotatable bonds is 2. The third-order valence-electron chi connectivity index (χ3n) is 0.382. The lowest BCUT2D eigenvalue weighted by atomic mass is 10.3. The molecule has 0 unspecified atom stereocenters. The van der Waals surface area contributed by atoms with Gasteiger partial charge in [-0.2, -0.15) is 0 Å². The van der Waals surface area contributed by atoms with Gasteiger partial charge in [-0.25, -0.2) is 0 Å². The first kappa shape index (κ1) is 1.46. The van der Waals surface area contributed by atoms with Gasteiger partial charge in [-0.3, -0.25) is 0 Å². The van der Waals surface area contributed by atoms with Gasteiger partial charge >= 0.3 is 0 Å². The molecule has 0 bridgehead atoms. The summed E-state index contributed by atoms with van der Waals surface area (Å²) in [4.78, 5) is 0. The standard InChI is InChI=1S/C4H11NO/c1-2-4(5)3-6/h4,6H,2-3,5H2,1H3/t4-/m1/s1/i1D3,2D2. The fraction of sp³-hybridized carbons (Fsp3) is 1.00. The molecule has 2 nitrogen and oxygen atoms in total. The molecular weight excluding hydrogens is 78.0 g/mol. The van der Waals surface area contributed by atoms with Crippen molar-refractivity contribution >= 4 is 0 Å². The van der Waals surface area contributed by atoms with Gasteiger partial charge in [0.05, 0.1) is 6.61 Å². The number of aliphatic hydroxyl groups excluding tert-OH is 1. The van der Waals surface area contributed by atoms with Crippen LogP contribution < -0.4 is 5.73 Å². The summed E-state index contributed by atoms with van der Waals surface area (Å²) in [5, 5.41) is 8.42. The molecule has 2 heteroatoms. The van der Waals surface area contributed by atoms with E-state index in [0.717, 1.165) is 0 Å². The quantitative estimate of drug-likeness (QED) is 0.494. The first-order valence-electron chi connectivity index (χ1n) is 4.10. The van der Waals surface area contributed by atoms with Gasteiger partial charge in [-0.05, 0) is 6.37 Å². The molecule has 0 fully saturated rings. The van der Waals surface area contributed by atoms with Crippen molar-refractivity contribution in [3.63, 3.8) is 0 Å². The van der Waals surface area contributed by atoms with Crippen LogP contribution >= 0.6 is 0 Å². The van der Waals surface area contributed by atoms with Crippen molar-refractivity contribution in [2.24, 2.45) is 5.73 Å². The second-order valence-corrected chi connectivity index (χ2v) is 0.933. The summed E-state index contributed by atoms with van der Waals surface area (Å²) in [6.07, 6.45) is -2.53. The fourth-order valence-corrected chi connectivity index (χ4v) is 0.0456. The Hall–Kier alpha value is -0.0800. The number of hydrogen-bond donors (Lipinski definition) is 2. The Morgan fingerprint density at radius 3 is 3.17 bits per heavy atom. The zero-order valence-electron chi connectivity index (χ0n) is 8.31. The van der Waals surface area contributed by atoms with E-state index in [2.05, 4.69) is 0 Å². The van der Waals surface area contributed by atoms with Crippen LogP contribution in [0.2, 0.25) is 0 Å². The lowest BCUT2D eigenvalue weighted by Crippen LogP contribution is -2.22. The zero-order valence-corrected chi connectivity index (χ0v) is 3.31. The van der Waals surface area contributed by atoms with Crippen molar-refractivity contribution in [1.29, 1.82) is 0 Å². The van der Waals surface area contributed by atoms with Crippen LogP contribution in [-0.4, -0.2) is 17.8 Å². The van der Waals surface area contributed by atoms with E-state index in [0.29, 0.717) is 0 Å². The molecule has 0 spiro atoms. The average Bonchev–Trinajstić information content (AvgIpc) is 1.83. The maximum atomic E-state index is 8.42. The maximum absolute atomic E-state index is 8.42. The number of nitrogens with two attached hydrogens (primary N) is 1. The first-order valence-corrected chi connectivity index (χ1v) is 1.60. The van der Waals surface area contributed by atoms with Crippen LogP contribution in [0.1, 0.15) is 20.1 Å².